The molecule has 5 heteroatoms. The van der Waals surface area contributed by atoms with Crippen LogP contribution in [0.4, 0.5) is 5.69 Å². The summed E-state index contributed by atoms with van der Waals surface area (Å²) in [6.07, 6.45) is 3.84. The lowest BCUT2D eigenvalue weighted by Gasteiger charge is -2.35. The smallest absolute Gasteiger partial charge is 0.227 e. The molecule has 0 spiro atoms. The molecule has 5 nitrogen and oxygen atoms in total. The zero-order valence-electron chi connectivity index (χ0n) is 15.2. The fourth-order valence-corrected chi connectivity index (χ4v) is 3.79. The van der Waals surface area contributed by atoms with Crippen LogP contribution in [0, 0.1) is 5.92 Å². The first-order valence-electron chi connectivity index (χ1n) is 9.23. The maximum Gasteiger partial charge on any atom is 0.227 e. The first kappa shape index (κ1) is 17.9. The van der Waals surface area contributed by atoms with Gasteiger partial charge in [0.1, 0.15) is 0 Å². The van der Waals surface area contributed by atoms with Crippen molar-refractivity contribution in [2.45, 2.75) is 51.6 Å². The Morgan fingerprint density at radius 3 is 2.96 bits per heavy atom. The number of ether oxygens (including phenoxy) is 1. The van der Waals surface area contributed by atoms with Crippen LogP contribution in [-0.4, -0.2) is 37.1 Å². The van der Waals surface area contributed by atoms with Gasteiger partial charge in [0, 0.05) is 31.8 Å². The van der Waals surface area contributed by atoms with E-state index in [1.165, 1.54) is 0 Å². The number of nitrogens with one attached hydrogen (secondary N) is 1. The fraction of sp³-hybridized carbons (Fsp3) is 0.600. The van der Waals surface area contributed by atoms with E-state index in [1.54, 1.807) is 0 Å². The van der Waals surface area contributed by atoms with E-state index in [2.05, 4.69) is 19.2 Å². The first-order chi connectivity index (χ1) is 11.9. The van der Waals surface area contributed by atoms with Crippen molar-refractivity contribution in [2.75, 3.05) is 24.6 Å². The average molecular weight is 344 g/mol. The normalized spacial score (nSPS) is 22.9. The van der Waals surface area contributed by atoms with E-state index in [-0.39, 0.29) is 17.4 Å². The number of anilines is 1. The van der Waals surface area contributed by atoms with E-state index in [4.69, 9.17) is 4.74 Å². The minimum atomic E-state index is -0.0930. The van der Waals surface area contributed by atoms with Gasteiger partial charge in [-0.2, -0.15) is 0 Å². The van der Waals surface area contributed by atoms with Gasteiger partial charge in [-0.1, -0.05) is 12.1 Å². The van der Waals surface area contributed by atoms with Crippen LogP contribution in [0.15, 0.2) is 24.3 Å². The van der Waals surface area contributed by atoms with Crippen molar-refractivity contribution in [3.63, 3.8) is 0 Å². The van der Waals surface area contributed by atoms with Crippen molar-refractivity contribution in [3.05, 3.63) is 29.8 Å². The molecule has 1 aromatic rings. The highest BCUT2D eigenvalue weighted by Crippen LogP contribution is 2.28. The summed E-state index contributed by atoms with van der Waals surface area (Å²) in [5.41, 5.74) is 1.76. The van der Waals surface area contributed by atoms with Crippen molar-refractivity contribution < 1.29 is 14.3 Å². The summed E-state index contributed by atoms with van der Waals surface area (Å²) in [4.78, 5) is 26.0. The summed E-state index contributed by atoms with van der Waals surface area (Å²) in [6.45, 7) is 6.45. The number of rotatable bonds is 5. The summed E-state index contributed by atoms with van der Waals surface area (Å²) >= 11 is 0. The van der Waals surface area contributed by atoms with Crippen molar-refractivity contribution in [3.8, 4) is 0 Å². The number of carbonyl (C=O) groups is 2. The highest BCUT2D eigenvalue weighted by atomic mass is 16.5. The van der Waals surface area contributed by atoms with Gasteiger partial charge in [0.25, 0.3) is 0 Å². The Morgan fingerprint density at radius 1 is 1.40 bits per heavy atom. The molecule has 1 unspecified atom stereocenters. The molecule has 0 aliphatic carbocycles. The zero-order valence-corrected chi connectivity index (χ0v) is 15.2. The van der Waals surface area contributed by atoms with Crippen LogP contribution in [0.5, 0.6) is 0 Å². The molecule has 2 heterocycles. The molecule has 0 aromatic heterocycles. The molecule has 2 aliphatic heterocycles. The summed E-state index contributed by atoms with van der Waals surface area (Å²) in [5, 5.41) is 3.06. The van der Waals surface area contributed by atoms with Gasteiger partial charge in [-0.05, 0) is 56.7 Å². The van der Waals surface area contributed by atoms with Crippen LogP contribution in [0.2, 0.25) is 0 Å². The molecule has 2 amide bonds. The predicted octanol–water partition coefficient (Wildman–Crippen LogP) is 2.68. The number of carbonyl (C=O) groups excluding carboxylic acids is 2. The van der Waals surface area contributed by atoms with E-state index >= 15 is 0 Å². The Hall–Kier alpha value is -1.88. The van der Waals surface area contributed by atoms with E-state index in [0.29, 0.717) is 25.3 Å². The van der Waals surface area contributed by atoms with Gasteiger partial charge in [-0.15, -0.1) is 0 Å². The van der Waals surface area contributed by atoms with Crippen LogP contribution in [-0.2, 0) is 20.7 Å². The second kappa shape index (κ2) is 7.56. The third-order valence-electron chi connectivity index (χ3n) is 5.05. The number of hydrogen-bond acceptors (Lipinski definition) is 3. The number of amides is 2. The molecular weight excluding hydrogens is 316 g/mol. The van der Waals surface area contributed by atoms with E-state index in [0.717, 1.165) is 43.7 Å². The Labute approximate surface area is 149 Å². The third kappa shape index (κ3) is 4.82. The molecule has 2 saturated heterocycles. The first-order valence-corrected chi connectivity index (χ1v) is 9.23. The lowest BCUT2D eigenvalue weighted by molar-refractivity contribution is -0.121. The number of nitrogens with zero attached hydrogens (tertiary/aromatic N) is 1. The highest BCUT2D eigenvalue weighted by molar-refractivity contribution is 5.95. The monoisotopic (exact) mass is 344 g/mol. The minimum Gasteiger partial charge on any atom is -0.376 e. The van der Waals surface area contributed by atoms with Crippen molar-refractivity contribution in [1.82, 2.24) is 5.32 Å². The van der Waals surface area contributed by atoms with E-state index < -0.39 is 0 Å². The molecule has 0 radical (unpaired) electrons. The van der Waals surface area contributed by atoms with Crippen molar-refractivity contribution in [1.29, 1.82) is 0 Å². The van der Waals surface area contributed by atoms with Gasteiger partial charge in [0.2, 0.25) is 11.8 Å². The third-order valence-corrected chi connectivity index (χ3v) is 5.05. The number of hydrogen-bond donors (Lipinski definition) is 1. The summed E-state index contributed by atoms with van der Waals surface area (Å²) < 4.78 is 5.72. The number of benzene rings is 1. The molecule has 2 aliphatic rings. The molecule has 25 heavy (non-hydrogen) atoms. The maximum atomic E-state index is 12.3. The van der Waals surface area contributed by atoms with Crippen LogP contribution in [0.1, 0.15) is 45.1 Å². The maximum absolute atomic E-state index is 12.3. The van der Waals surface area contributed by atoms with Crippen LogP contribution >= 0.6 is 0 Å². The van der Waals surface area contributed by atoms with Crippen LogP contribution in [0.25, 0.3) is 0 Å². The van der Waals surface area contributed by atoms with Crippen molar-refractivity contribution >= 4 is 17.5 Å². The average Bonchev–Trinajstić information content (AvgIpc) is 2.98. The second-order valence-corrected chi connectivity index (χ2v) is 7.77. The Balaban J connectivity index is 1.52. The molecule has 2 fully saturated rings. The minimum absolute atomic E-state index is 0.0363. The van der Waals surface area contributed by atoms with Crippen LogP contribution in [0.3, 0.4) is 0 Å². The van der Waals surface area contributed by atoms with Crippen LogP contribution < -0.4 is 10.2 Å². The molecule has 1 N–H and O–H groups in total. The van der Waals surface area contributed by atoms with Gasteiger partial charge in [-0.3, -0.25) is 9.59 Å². The van der Waals surface area contributed by atoms with E-state index in [1.807, 2.05) is 29.2 Å². The molecular formula is C20H28N2O3. The SMILES string of the molecule is CC1(C)CC(CNC(=O)Cc2cccc(N3CCCC3=O)c2)CCO1. The lowest BCUT2D eigenvalue weighted by Crippen LogP contribution is -2.39. The van der Waals surface area contributed by atoms with Gasteiger partial charge in [0.15, 0.2) is 0 Å². The fourth-order valence-electron chi connectivity index (χ4n) is 3.79. The Morgan fingerprint density at radius 2 is 2.24 bits per heavy atom. The molecule has 1 atom stereocenters. The van der Waals surface area contributed by atoms with Gasteiger partial charge < -0.3 is 15.0 Å². The highest BCUT2D eigenvalue weighted by Gasteiger charge is 2.28. The summed E-state index contributed by atoms with van der Waals surface area (Å²) in [6, 6.07) is 7.76. The lowest BCUT2D eigenvalue weighted by atomic mass is 9.88. The quantitative estimate of drug-likeness (QED) is 0.893. The zero-order chi connectivity index (χ0) is 17.9. The van der Waals surface area contributed by atoms with Gasteiger partial charge in [0.05, 0.1) is 12.0 Å². The largest absolute Gasteiger partial charge is 0.376 e. The molecule has 0 saturated carbocycles. The molecule has 136 valence electrons. The Kier molecular flexibility index (Phi) is 5.42. The molecule has 1 aromatic carbocycles. The second-order valence-electron chi connectivity index (χ2n) is 7.77. The molecule has 3 rings (SSSR count). The van der Waals surface area contributed by atoms with E-state index in [9.17, 15) is 9.59 Å². The molecule has 0 bridgehead atoms. The topological polar surface area (TPSA) is 58.6 Å². The van der Waals surface area contributed by atoms with Crippen molar-refractivity contribution in [2.24, 2.45) is 5.92 Å². The Bertz CT molecular complexity index is 642. The van der Waals surface area contributed by atoms with Gasteiger partial charge >= 0.3 is 0 Å². The summed E-state index contributed by atoms with van der Waals surface area (Å²) in [7, 11) is 0. The predicted molar refractivity (Wildman–Crippen MR) is 97.5 cm³/mol. The summed E-state index contributed by atoms with van der Waals surface area (Å²) in [5.74, 6) is 0.680. The standard InChI is InChI=1S/C20H28N2O3/c1-20(2)13-16(8-10-25-20)14-21-18(23)12-15-5-3-6-17(11-15)22-9-4-7-19(22)24/h3,5-6,11,16H,4,7-10,12-14H2,1-2H3,(H,21,23). The van der Waals surface area contributed by atoms with Gasteiger partial charge in [-0.25, -0.2) is 0 Å².